The molecule has 2 bridgehead atoms. The molecule has 4 rings (SSSR count). The van der Waals surface area contributed by atoms with Gasteiger partial charge in [-0.25, -0.2) is 0 Å². The lowest BCUT2D eigenvalue weighted by Crippen LogP contribution is -2.43. The van der Waals surface area contributed by atoms with Gasteiger partial charge in [-0.3, -0.25) is 9.69 Å². The second-order valence-electron chi connectivity index (χ2n) is 10.1. The predicted molar refractivity (Wildman–Crippen MR) is 99.2 cm³/mol. The minimum absolute atomic E-state index is 0.0633. The largest absolute Gasteiger partial charge is 0.370 e. The molecule has 0 aromatic heterocycles. The molecule has 1 spiro atoms. The fourth-order valence-corrected chi connectivity index (χ4v) is 5.58. The van der Waals surface area contributed by atoms with Gasteiger partial charge in [0.05, 0.1) is 11.7 Å². The molecule has 0 aromatic carbocycles. The van der Waals surface area contributed by atoms with E-state index >= 15 is 0 Å². The molecular formula is C21H34N2O2. The van der Waals surface area contributed by atoms with Gasteiger partial charge in [-0.1, -0.05) is 26.8 Å². The Labute approximate surface area is 152 Å². The smallest absolute Gasteiger partial charge is 0.225 e. The number of hydrogen-bond acceptors (Lipinski definition) is 3. The number of carbonyl (C=O) groups excluding carboxylic acids is 1. The Hall–Kier alpha value is -0.870. The number of likely N-dealkylation sites (tertiary alicyclic amines) is 1. The van der Waals surface area contributed by atoms with Crippen LogP contribution in [0, 0.1) is 22.7 Å². The van der Waals surface area contributed by atoms with Crippen LogP contribution >= 0.6 is 0 Å². The van der Waals surface area contributed by atoms with Gasteiger partial charge < -0.3 is 10.1 Å². The van der Waals surface area contributed by atoms with Crippen molar-refractivity contribution in [2.24, 2.45) is 22.7 Å². The van der Waals surface area contributed by atoms with E-state index in [1.54, 1.807) is 0 Å². The number of carbonyl (C=O) groups is 1. The average Bonchev–Trinajstić information content (AvgIpc) is 2.90. The molecule has 0 aromatic rings. The number of ether oxygens (including phenoxy) is 1. The molecule has 1 saturated carbocycles. The Kier molecular flexibility index (Phi) is 4.08. The van der Waals surface area contributed by atoms with E-state index < -0.39 is 0 Å². The van der Waals surface area contributed by atoms with Gasteiger partial charge in [-0.2, -0.15) is 0 Å². The van der Waals surface area contributed by atoms with Crippen molar-refractivity contribution >= 4 is 5.91 Å². The second-order valence-corrected chi connectivity index (χ2v) is 10.1. The highest BCUT2D eigenvalue weighted by Crippen LogP contribution is 2.55. The van der Waals surface area contributed by atoms with Crippen molar-refractivity contribution in [1.29, 1.82) is 0 Å². The zero-order valence-corrected chi connectivity index (χ0v) is 16.1. The van der Waals surface area contributed by atoms with Crippen LogP contribution < -0.4 is 5.32 Å². The molecule has 4 heteroatoms. The first-order chi connectivity index (χ1) is 11.8. The van der Waals surface area contributed by atoms with E-state index in [-0.39, 0.29) is 22.3 Å². The first kappa shape index (κ1) is 17.5. The second kappa shape index (κ2) is 5.82. The lowest BCUT2D eigenvalue weighted by atomic mass is 9.73. The lowest BCUT2D eigenvalue weighted by molar-refractivity contribution is -0.126. The van der Waals surface area contributed by atoms with Crippen LogP contribution in [0.25, 0.3) is 0 Å². The first-order valence-electron chi connectivity index (χ1n) is 10.1. The molecule has 3 aliphatic heterocycles. The monoisotopic (exact) mass is 346 g/mol. The molecule has 25 heavy (non-hydrogen) atoms. The summed E-state index contributed by atoms with van der Waals surface area (Å²) in [7, 11) is 0. The highest BCUT2D eigenvalue weighted by Gasteiger charge is 2.63. The molecule has 0 radical (unpaired) electrons. The van der Waals surface area contributed by atoms with E-state index in [0.29, 0.717) is 17.9 Å². The number of nitrogens with one attached hydrogen (secondary N) is 1. The number of fused-ring (bicyclic) bond motifs is 1. The number of allylic oxidation sites excluding steroid dienone is 1. The van der Waals surface area contributed by atoms with Gasteiger partial charge in [0.2, 0.25) is 5.91 Å². The van der Waals surface area contributed by atoms with Crippen LogP contribution in [0.2, 0.25) is 0 Å². The SMILES string of the molecule is C=CCC(C)(C)CN1C[C@@H]2[C@H](CNC(=O)C3(C)CC3)[C@H]3CC[C@]2(C1)O3. The van der Waals surface area contributed by atoms with Crippen LogP contribution in [0.5, 0.6) is 0 Å². The molecule has 4 fully saturated rings. The summed E-state index contributed by atoms with van der Waals surface area (Å²) in [4.78, 5) is 14.9. The number of nitrogens with zero attached hydrogens (tertiary/aromatic N) is 1. The standard InChI is InChI=1S/C21H34N2O2/c1-5-7-19(2,3)13-23-12-16-15(11-22-18(24)20(4)9-10-20)17-6-8-21(16,14-23)25-17/h5,15-17H,1,6-14H2,2-4H3,(H,22,24)/t15-,16+,17+,21+/m0/s1. The fraction of sp³-hybridized carbons (Fsp3) is 0.857. The Balaban J connectivity index is 1.39. The predicted octanol–water partition coefficient (Wildman–Crippen LogP) is 2.98. The summed E-state index contributed by atoms with van der Waals surface area (Å²) in [6.07, 6.45) is 7.89. The van der Waals surface area contributed by atoms with Crippen molar-refractivity contribution in [1.82, 2.24) is 10.2 Å². The van der Waals surface area contributed by atoms with Crippen LogP contribution in [0.4, 0.5) is 0 Å². The Morgan fingerprint density at radius 3 is 2.84 bits per heavy atom. The van der Waals surface area contributed by atoms with E-state index in [2.05, 4.69) is 37.6 Å². The highest BCUT2D eigenvalue weighted by molar-refractivity contribution is 5.84. The Morgan fingerprint density at radius 1 is 1.40 bits per heavy atom. The average molecular weight is 347 g/mol. The summed E-state index contributed by atoms with van der Waals surface area (Å²) in [6, 6.07) is 0. The van der Waals surface area contributed by atoms with E-state index in [4.69, 9.17) is 4.74 Å². The van der Waals surface area contributed by atoms with Crippen molar-refractivity contribution in [2.75, 3.05) is 26.2 Å². The van der Waals surface area contributed by atoms with Gasteiger partial charge in [0.1, 0.15) is 0 Å². The third kappa shape index (κ3) is 3.06. The summed E-state index contributed by atoms with van der Waals surface area (Å²) in [5.41, 5.74) is 0.250. The van der Waals surface area contributed by atoms with Crippen molar-refractivity contribution in [3.8, 4) is 0 Å². The lowest BCUT2D eigenvalue weighted by Gasteiger charge is -2.30. The van der Waals surface area contributed by atoms with E-state index in [0.717, 1.165) is 51.9 Å². The van der Waals surface area contributed by atoms with Crippen LogP contribution in [0.15, 0.2) is 12.7 Å². The third-order valence-corrected chi connectivity index (χ3v) is 7.25. The minimum Gasteiger partial charge on any atom is -0.370 e. The topological polar surface area (TPSA) is 41.6 Å². The van der Waals surface area contributed by atoms with Crippen LogP contribution in [-0.4, -0.2) is 48.7 Å². The normalized spacial score (nSPS) is 38.6. The van der Waals surface area contributed by atoms with Gasteiger partial charge in [-0.05, 0) is 37.5 Å². The summed E-state index contributed by atoms with van der Waals surface area (Å²) in [5, 5.41) is 3.25. The molecule has 3 heterocycles. The summed E-state index contributed by atoms with van der Waals surface area (Å²) < 4.78 is 6.52. The quantitative estimate of drug-likeness (QED) is 0.721. The zero-order valence-electron chi connectivity index (χ0n) is 16.1. The van der Waals surface area contributed by atoms with Crippen molar-refractivity contribution in [3.05, 3.63) is 12.7 Å². The maximum absolute atomic E-state index is 12.3. The van der Waals surface area contributed by atoms with Crippen molar-refractivity contribution < 1.29 is 9.53 Å². The van der Waals surface area contributed by atoms with Gasteiger partial charge in [0.15, 0.2) is 0 Å². The van der Waals surface area contributed by atoms with E-state index in [1.165, 1.54) is 6.42 Å². The zero-order chi connectivity index (χ0) is 17.9. The Bertz CT molecular complexity index is 568. The number of amides is 1. The van der Waals surface area contributed by atoms with Crippen molar-refractivity contribution in [3.63, 3.8) is 0 Å². The molecule has 140 valence electrons. The van der Waals surface area contributed by atoms with Crippen LogP contribution in [0.1, 0.15) is 52.9 Å². The summed E-state index contributed by atoms with van der Waals surface area (Å²) in [6.45, 7) is 14.7. The maximum atomic E-state index is 12.3. The van der Waals surface area contributed by atoms with E-state index in [9.17, 15) is 4.79 Å². The third-order valence-electron chi connectivity index (χ3n) is 7.25. The van der Waals surface area contributed by atoms with Crippen molar-refractivity contribution in [2.45, 2.75) is 64.6 Å². The van der Waals surface area contributed by atoms with Crippen LogP contribution in [-0.2, 0) is 9.53 Å². The number of rotatable bonds is 7. The molecular weight excluding hydrogens is 312 g/mol. The van der Waals surface area contributed by atoms with Crippen LogP contribution in [0.3, 0.4) is 0 Å². The van der Waals surface area contributed by atoms with Gasteiger partial charge in [0.25, 0.3) is 0 Å². The molecule has 0 unspecified atom stereocenters. The van der Waals surface area contributed by atoms with Gasteiger partial charge in [0, 0.05) is 43.4 Å². The molecule has 4 nitrogen and oxygen atoms in total. The summed E-state index contributed by atoms with van der Waals surface area (Å²) >= 11 is 0. The summed E-state index contributed by atoms with van der Waals surface area (Å²) in [5.74, 6) is 1.33. The maximum Gasteiger partial charge on any atom is 0.225 e. The fourth-order valence-electron chi connectivity index (χ4n) is 5.58. The van der Waals surface area contributed by atoms with E-state index in [1.807, 2.05) is 6.08 Å². The molecule has 1 amide bonds. The molecule has 3 saturated heterocycles. The first-order valence-corrected chi connectivity index (χ1v) is 10.1. The molecule has 4 atom stereocenters. The molecule has 1 aliphatic carbocycles. The molecule has 1 N–H and O–H groups in total. The number of hydrogen-bond donors (Lipinski definition) is 1. The highest BCUT2D eigenvalue weighted by atomic mass is 16.5. The Morgan fingerprint density at radius 2 is 2.16 bits per heavy atom. The van der Waals surface area contributed by atoms with Gasteiger partial charge in [-0.15, -0.1) is 6.58 Å². The minimum atomic E-state index is -0.0768. The van der Waals surface area contributed by atoms with Gasteiger partial charge >= 0.3 is 0 Å². The molecule has 4 aliphatic rings.